The smallest absolute Gasteiger partial charge is 0.213 e. The molecule has 2 heterocycles. The number of ether oxygens (including phenoxy) is 1. The van der Waals surface area contributed by atoms with E-state index < -0.39 is 0 Å². The first kappa shape index (κ1) is 20.8. The van der Waals surface area contributed by atoms with Crippen LogP contribution in [-0.2, 0) is 5.41 Å². The van der Waals surface area contributed by atoms with E-state index in [1.165, 1.54) is 5.56 Å². The topological polar surface area (TPSA) is 24.8 Å². The second kappa shape index (κ2) is 7.79. The van der Waals surface area contributed by atoms with Crippen molar-refractivity contribution < 1.29 is 4.74 Å². The van der Waals surface area contributed by atoms with Gasteiger partial charge in [0.05, 0.1) is 16.2 Å². The minimum Gasteiger partial charge on any atom is -0.463 e. The van der Waals surface area contributed by atoms with Crippen LogP contribution in [0, 0.1) is 0 Å². The number of fused-ring (bicyclic) bond motifs is 3. The third-order valence-electron chi connectivity index (χ3n) is 5.98. The third kappa shape index (κ3) is 3.83. The molecule has 0 aliphatic carbocycles. The van der Waals surface area contributed by atoms with E-state index in [0.717, 1.165) is 43.5 Å². The summed E-state index contributed by atoms with van der Waals surface area (Å²) >= 11 is 7.36. The lowest BCUT2D eigenvalue weighted by Gasteiger charge is -2.39. The predicted molar refractivity (Wildman–Crippen MR) is 133 cm³/mol. The highest BCUT2D eigenvalue weighted by molar-refractivity contribution is 9.11. The maximum atomic E-state index is 6.58. The van der Waals surface area contributed by atoms with Crippen LogP contribution < -0.4 is 4.74 Å². The van der Waals surface area contributed by atoms with Gasteiger partial charge in [0.15, 0.2) is 0 Å². The van der Waals surface area contributed by atoms with Gasteiger partial charge in [-0.1, -0.05) is 91.3 Å². The van der Waals surface area contributed by atoms with Gasteiger partial charge in [0.2, 0.25) is 6.23 Å². The zero-order valence-electron chi connectivity index (χ0n) is 17.8. The fraction of sp³-hybridized carbons (Fsp3) is 0.269. The van der Waals surface area contributed by atoms with Crippen molar-refractivity contribution in [2.45, 2.75) is 44.9 Å². The summed E-state index contributed by atoms with van der Waals surface area (Å²) in [4.78, 5) is 0. The summed E-state index contributed by atoms with van der Waals surface area (Å²) in [5.74, 6) is 0.902. The molecule has 2 aliphatic rings. The van der Waals surface area contributed by atoms with Crippen molar-refractivity contribution in [1.29, 1.82) is 0 Å². The first-order valence-electron chi connectivity index (χ1n) is 10.5. The van der Waals surface area contributed by atoms with Gasteiger partial charge in [-0.3, -0.25) is 0 Å². The Morgan fingerprint density at radius 1 is 0.968 bits per heavy atom. The SMILES string of the molecule is CC(C)(C)c1ccc(C2Oc3c(Br)cc(Br)cc3C3CC(c4ccccc4)=NN32)cc1. The molecule has 0 saturated carbocycles. The summed E-state index contributed by atoms with van der Waals surface area (Å²) in [5, 5.41) is 7.20. The van der Waals surface area contributed by atoms with Crippen LogP contribution in [0.15, 0.2) is 80.8 Å². The van der Waals surface area contributed by atoms with Gasteiger partial charge in [-0.15, -0.1) is 0 Å². The number of hydrogen-bond donors (Lipinski definition) is 0. The maximum absolute atomic E-state index is 6.58. The molecule has 2 aliphatic heterocycles. The molecule has 31 heavy (non-hydrogen) atoms. The minimum atomic E-state index is -0.273. The van der Waals surface area contributed by atoms with E-state index in [-0.39, 0.29) is 17.7 Å². The van der Waals surface area contributed by atoms with Crippen LogP contribution in [0.25, 0.3) is 0 Å². The number of halogens is 2. The molecular formula is C26H24Br2N2O. The third-order valence-corrected chi connectivity index (χ3v) is 7.02. The molecule has 0 aromatic heterocycles. The van der Waals surface area contributed by atoms with Crippen LogP contribution >= 0.6 is 31.9 Å². The molecule has 5 rings (SSSR count). The summed E-state index contributed by atoms with van der Waals surface area (Å²) in [6.45, 7) is 6.70. The van der Waals surface area contributed by atoms with Gasteiger partial charge in [-0.2, -0.15) is 5.10 Å². The first-order chi connectivity index (χ1) is 14.8. The highest BCUT2D eigenvalue weighted by atomic mass is 79.9. The Morgan fingerprint density at radius 2 is 1.68 bits per heavy atom. The lowest BCUT2D eigenvalue weighted by atomic mass is 9.86. The van der Waals surface area contributed by atoms with Gasteiger partial charge < -0.3 is 4.74 Å². The van der Waals surface area contributed by atoms with E-state index in [0.29, 0.717) is 0 Å². The Morgan fingerprint density at radius 3 is 2.35 bits per heavy atom. The quantitative estimate of drug-likeness (QED) is 0.332. The highest BCUT2D eigenvalue weighted by Crippen LogP contribution is 2.50. The summed E-state index contributed by atoms with van der Waals surface area (Å²) < 4.78 is 8.57. The van der Waals surface area contributed by atoms with E-state index in [4.69, 9.17) is 9.84 Å². The van der Waals surface area contributed by atoms with Crippen LogP contribution in [0.2, 0.25) is 0 Å². The number of hydrazone groups is 1. The molecule has 2 unspecified atom stereocenters. The van der Waals surface area contributed by atoms with Gasteiger partial charge in [0.1, 0.15) is 5.75 Å². The van der Waals surface area contributed by atoms with Crippen LogP contribution in [0.4, 0.5) is 0 Å². The Bertz CT molecular complexity index is 1150. The van der Waals surface area contributed by atoms with Crippen molar-refractivity contribution in [3.05, 3.63) is 97.9 Å². The summed E-state index contributed by atoms with van der Waals surface area (Å²) in [7, 11) is 0. The van der Waals surface area contributed by atoms with Crippen molar-refractivity contribution in [2.75, 3.05) is 0 Å². The summed E-state index contributed by atoms with van der Waals surface area (Å²) in [6.07, 6.45) is 0.574. The first-order valence-corrected chi connectivity index (χ1v) is 12.1. The Balaban J connectivity index is 1.60. The van der Waals surface area contributed by atoms with Crippen molar-refractivity contribution in [3.8, 4) is 5.75 Å². The fourth-order valence-corrected chi connectivity index (χ4v) is 5.64. The number of nitrogens with zero attached hydrogens (tertiary/aromatic N) is 2. The molecule has 0 saturated heterocycles. The fourth-order valence-electron chi connectivity index (χ4n) is 4.29. The van der Waals surface area contributed by atoms with E-state index in [1.807, 2.05) is 12.1 Å². The zero-order chi connectivity index (χ0) is 21.8. The van der Waals surface area contributed by atoms with Crippen molar-refractivity contribution in [3.63, 3.8) is 0 Å². The summed E-state index contributed by atoms with van der Waals surface area (Å²) in [5.41, 5.74) is 5.94. The molecule has 3 aromatic rings. The van der Waals surface area contributed by atoms with Crippen LogP contribution in [0.1, 0.15) is 61.7 Å². The molecule has 5 heteroatoms. The molecule has 3 nitrogen and oxygen atoms in total. The molecule has 0 N–H and O–H groups in total. The molecule has 0 bridgehead atoms. The lowest BCUT2D eigenvalue weighted by molar-refractivity contribution is -0.0197. The molecule has 0 fully saturated rings. The molecule has 2 atom stereocenters. The van der Waals surface area contributed by atoms with Crippen molar-refractivity contribution in [2.24, 2.45) is 5.10 Å². The molecule has 3 aromatic carbocycles. The largest absolute Gasteiger partial charge is 0.463 e. The van der Waals surface area contributed by atoms with Crippen LogP contribution in [0.3, 0.4) is 0 Å². The number of benzene rings is 3. The molecule has 0 radical (unpaired) electrons. The van der Waals surface area contributed by atoms with Crippen molar-refractivity contribution >= 4 is 37.6 Å². The normalized spacial score (nSPS) is 20.0. The highest BCUT2D eigenvalue weighted by Gasteiger charge is 2.42. The van der Waals surface area contributed by atoms with Crippen molar-refractivity contribution in [1.82, 2.24) is 5.01 Å². The second-order valence-corrected chi connectivity index (χ2v) is 10.9. The Kier molecular flexibility index (Phi) is 5.22. The van der Waals surface area contributed by atoms with Gasteiger partial charge in [0, 0.05) is 22.0 Å². The van der Waals surface area contributed by atoms with Crippen LogP contribution in [0.5, 0.6) is 5.75 Å². The Hall–Kier alpha value is -2.11. The van der Waals surface area contributed by atoms with Crippen LogP contribution in [-0.4, -0.2) is 10.7 Å². The molecule has 0 spiro atoms. The van der Waals surface area contributed by atoms with Gasteiger partial charge in [0.25, 0.3) is 0 Å². The lowest BCUT2D eigenvalue weighted by Crippen LogP contribution is -2.34. The van der Waals surface area contributed by atoms with Gasteiger partial charge >= 0.3 is 0 Å². The minimum absolute atomic E-state index is 0.114. The summed E-state index contributed by atoms with van der Waals surface area (Å²) in [6, 6.07) is 23.5. The van der Waals surface area contributed by atoms with Gasteiger partial charge in [-0.05, 0) is 44.6 Å². The molecule has 0 amide bonds. The average molecular weight is 540 g/mol. The standard InChI is InChI=1S/C26H24Br2N2O/c1-26(2,3)18-11-9-17(10-12-18)25-30-23(15-22(29-30)16-7-5-4-6-8-16)20-13-19(27)14-21(28)24(20)31-25/h4-14,23,25H,15H2,1-3H3. The maximum Gasteiger partial charge on any atom is 0.213 e. The van der Waals surface area contributed by atoms with Gasteiger partial charge in [-0.25, -0.2) is 5.01 Å². The van der Waals surface area contributed by atoms with E-state index >= 15 is 0 Å². The second-order valence-electron chi connectivity index (χ2n) is 9.16. The predicted octanol–water partition coefficient (Wildman–Crippen LogP) is 7.75. The van der Waals surface area contributed by atoms with E-state index in [9.17, 15) is 0 Å². The molecule has 158 valence electrons. The number of hydrogen-bond acceptors (Lipinski definition) is 3. The monoisotopic (exact) mass is 538 g/mol. The zero-order valence-corrected chi connectivity index (χ0v) is 20.9. The number of rotatable bonds is 2. The Labute approximate surface area is 200 Å². The molecular weight excluding hydrogens is 516 g/mol. The van der Waals surface area contributed by atoms with E-state index in [1.54, 1.807) is 0 Å². The average Bonchev–Trinajstić information content (AvgIpc) is 3.19. The van der Waals surface area contributed by atoms with E-state index in [2.05, 4.69) is 112 Å².